The molecule has 2 atom stereocenters. The SMILES string of the molecule is COc1cc2c(cc1OC)C(C)N(C(=O)C1CCC(n3cc(-c4cc(F)c(Br)c(F)c4N)nn3)CC1)CC(C)C2. The Morgan fingerprint density at radius 2 is 1.75 bits per heavy atom. The van der Waals surface area contributed by atoms with Gasteiger partial charge in [0.15, 0.2) is 17.3 Å². The fraction of sp³-hybridized carbons (Fsp3) is 0.483. The Morgan fingerprint density at radius 3 is 2.42 bits per heavy atom. The maximum Gasteiger partial charge on any atom is 0.226 e. The third kappa shape index (κ3) is 5.15. The minimum Gasteiger partial charge on any atom is -0.493 e. The molecule has 0 saturated heterocycles. The molecule has 2 unspecified atom stereocenters. The average Bonchev–Trinajstić information content (AvgIpc) is 3.41. The minimum atomic E-state index is -0.860. The predicted molar refractivity (Wildman–Crippen MR) is 151 cm³/mol. The molecule has 1 aliphatic heterocycles. The molecule has 2 aromatic carbocycles. The lowest BCUT2D eigenvalue weighted by atomic mass is 9.84. The maximum absolute atomic E-state index is 14.3. The van der Waals surface area contributed by atoms with Gasteiger partial charge in [-0.05, 0) is 90.2 Å². The zero-order valence-corrected chi connectivity index (χ0v) is 24.7. The Hall–Kier alpha value is -3.21. The van der Waals surface area contributed by atoms with E-state index in [1.54, 1.807) is 25.1 Å². The molecule has 1 fully saturated rings. The molecule has 2 heterocycles. The lowest BCUT2D eigenvalue weighted by molar-refractivity contribution is -0.139. The van der Waals surface area contributed by atoms with Crippen molar-refractivity contribution in [1.29, 1.82) is 0 Å². The second kappa shape index (κ2) is 11.3. The highest BCUT2D eigenvalue weighted by Crippen LogP contribution is 2.41. The van der Waals surface area contributed by atoms with Crippen LogP contribution in [0.15, 0.2) is 28.9 Å². The number of rotatable bonds is 5. The highest BCUT2D eigenvalue weighted by Gasteiger charge is 2.36. The third-order valence-corrected chi connectivity index (χ3v) is 9.06. The highest BCUT2D eigenvalue weighted by molar-refractivity contribution is 9.10. The van der Waals surface area contributed by atoms with Crippen LogP contribution in [0.2, 0.25) is 0 Å². The van der Waals surface area contributed by atoms with Crippen molar-refractivity contribution in [3.8, 4) is 22.8 Å². The number of nitrogen functional groups attached to an aromatic ring is 1. The number of ether oxygens (including phenoxy) is 2. The zero-order valence-electron chi connectivity index (χ0n) is 23.1. The van der Waals surface area contributed by atoms with E-state index in [4.69, 9.17) is 15.2 Å². The van der Waals surface area contributed by atoms with Gasteiger partial charge >= 0.3 is 0 Å². The van der Waals surface area contributed by atoms with Crippen molar-refractivity contribution < 1.29 is 23.0 Å². The number of methoxy groups -OCH3 is 2. The molecule has 0 radical (unpaired) electrons. The molecule has 1 aromatic heterocycles. The Kier molecular flexibility index (Phi) is 8.03. The molecule has 40 heavy (non-hydrogen) atoms. The van der Waals surface area contributed by atoms with Crippen LogP contribution in [0.4, 0.5) is 14.5 Å². The van der Waals surface area contributed by atoms with E-state index in [1.165, 1.54) is 5.56 Å². The van der Waals surface area contributed by atoms with Crippen molar-refractivity contribution in [3.05, 3.63) is 51.6 Å². The molecule has 5 rings (SSSR count). The molecule has 0 bridgehead atoms. The largest absolute Gasteiger partial charge is 0.493 e. The lowest BCUT2D eigenvalue weighted by Gasteiger charge is -2.35. The summed E-state index contributed by atoms with van der Waals surface area (Å²) in [7, 11) is 3.26. The van der Waals surface area contributed by atoms with E-state index in [1.807, 2.05) is 17.0 Å². The van der Waals surface area contributed by atoms with E-state index in [2.05, 4.69) is 40.1 Å². The summed E-state index contributed by atoms with van der Waals surface area (Å²) in [5.74, 6) is 0.144. The summed E-state index contributed by atoms with van der Waals surface area (Å²) in [4.78, 5) is 15.9. The van der Waals surface area contributed by atoms with Gasteiger partial charge in [-0.25, -0.2) is 13.5 Å². The topological polar surface area (TPSA) is 95.5 Å². The summed E-state index contributed by atoms with van der Waals surface area (Å²) in [6.07, 6.45) is 5.47. The number of nitrogens with two attached hydrogens (primary N) is 1. The van der Waals surface area contributed by atoms with E-state index in [0.717, 1.165) is 43.7 Å². The molecule has 3 aromatic rings. The molecule has 214 valence electrons. The van der Waals surface area contributed by atoms with E-state index in [9.17, 15) is 13.6 Å². The molecule has 1 aliphatic carbocycles. The number of carbonyl (C=O) groups excluding carboxylic acids is 1. The average molecular weight is 619 g/mol. The van der Waals surface area contributed by atoms with Gasteiger partial charge < -0.3 is 20.1 Å². The van der Waals surface area contributed by atoms with Crippen molar-refractivity contribution in [2.75, 3.05) is 26.5 Å². The van der Waals surface area contributed by atoms with Crippen LogP contribution < -0.4 is 15.2 Å². The normalized spacial score (nSPS) is 22.9. The molecule has 1 saturated carbocycles. The van der Waals surface area contributed by atoms with E-state index in [-0.39, 0.29) is 39.6 Å². The second-order valence-electron chi connectivity index (χ2n) is 10.9. The summed E-state index contributed by atoms with van der Waals surface area (Å²) < 4.78 is 40.9. The molecule has 8 nitrogen and oxygen atoms in total. The summed E-state index contributed by atoms with van der Waals surface area (Å²) in [5, 5.41) is 8.35. The number of nitrogens with zero attached hydrogens (tertiary/aromatic N) is 4. The summed E-state index contributed by atoms with van der Waals surface area (Å²) in [5.41, 5.74) is 8.44. The van der Waals surface area contributed by atoms with Gasteiger partial charge in [0.05, 0.1) is 42.7 Å². The number of hydrogen-bond donors (Lipinski definition) is 1. The summed E-state index contributed by atoms with van der Waals surface area (Å²) >= 11 is 2.87. The number of amides is 1. The molecule has 2 N–H and O–H groups in total. The first-order valence-corrected chi connectivity index (χ1v) is 14.3. The standard InChI is InChI=1S/C29H34BrF2N5O3/c1-15-9-18-10-24(39-3)25(40-4)12-20(18)16(2)36(13-15)29(38)17-5-7-19(8-6-17)37-14-23(34-35-37)21-11-22(31)26(30)27(32)28(21)33/h10-12,14-17,19H,5-9,13,33H2,1-4H3. The Labute approximate surface area is 240 Å². The van der Waals surface area contributed by atoms with Crippen molar-refractivity contribution in [2.45, 2.75) is 58.0 Å². The van der Waals surface area contributed by atoms with Crippen LogP contribution in [0.1, 0.15) is 62.7 Å². The molecule has 0 spiro atoms. The van der Waals surface area contributed by atoms with Crippen LogP contribution in [-0.2, 0) is 11.2 Å². The van der Waals surface area contributed by atoms with Gasteiger partial charge in [0.25, 0.3) is 0 Å². The number of aromatic nitrogens is 3. The van der Waals surface area contributed by atoms with Gasteiger partial charge in [0, 0.05) is 18.0 Å². The smallest absolute Gasteiger partial charge is 0.226 e. The van der Waals surface area contributed by atoms with Crippen LogP contribution >= 0.6 is 15.9 Å². The minimum absolute atomic E-state index is 0.0367. The Morgan fingerprint density at radius 1 is 1.07 bits per heavy atom. The third-order valence-electron chi connectivity index (χ3n) is 8.33. The van der Waals surface area contributed by atoms with Crippen LogP contribution in [0.5, 0.6) is 11.5 Å². The lowest BCUT2D eigenvalue weighted by Crippen LogP contribution is -2.41. The maximum atomic E-state index is 14.3. The number of halogens is 3. The van der Waals surface area contributed by atoms with Gasteiger partial charge in [-0.15, -0.1) is 5.10 Å². The van der Waals surface area contributed by atoms with Gasteiger partial charge in [0.2, 0.25) is 5.91 Å². The van der Waals surface area contributed by atoms with Gasteiger partial charge in [-0.3, -0.25) is 4.79 Å². The predicted octanol–water partition coefficient (Wildman–Crippen LogP) is 6.10. The first-order valence-electron chi connectivity index (χ1n) is 13.5. The van der Waals surface area contributed by atoms with Gasteiger partial charge in [-0.2, -0.15) is 0 Å². The van der Waals surface area contributed by atoms with Crippen LogP contribution in [0, 0.1) is 23.5 Å². The summed E-state index contributed by atoms with van der Waals surface area (Å²) in [6, 6.07) is 5.15. The monoisotopic (exact) mass is 617 g/mol. The van der Waals surface area contributed by atoms with Crippen LogP contribution in [-0.4, -0.2) is 46.6 Å². The van der Waals surface area contributed by atoms with E-state index in [0.29, 0.717) is 29.7 Å². The van der Waals surface area contributed by atoms with Crippen LogP contribution in [0.25, 0.3) is 11.3 Å². The zero-order chi connectivity index (χ0) is 28.7. The molecule has 11 heteroatoms. The number of benzene rings is 2. The quantitative estimate of drug-likeness (QED) is 0.275. The molecular weight excluding hydrogens is 584 g/mol. The molecule has 2 aliphatic rings. The first-order chi connectivity index (χ1) is 19.1. The van der Waals surface area contributed by atoms with Crippen molar-refractivity contribution in [3.63, 3.8) is 0 Å². The van der Waals surface area contributed by atoms with E-state index < -0.39 is 11.6 Å². The highest BCUT2D eigenvalue weighted by atomic mass is 79.9. The Balaban J connectivity index is 1.29. The number of carbonyl (C=O) groups is 1. The summed E-state index contributed by atoms with van der Waals surface area (Å²) in [6.45, 7) is 4.95. The van der Waals surface area contributed by atoms with Crippen molar-refractivity contribution in [2.24, 2.45) is 11.8 Å². The van der Waals surface area contributed by atoms with Gasteiger partial charge in [-0.1, -0.05) is 12.1 Å². The Bertz CT molecular complexity index is 1420. The van der Waals surface area contributed by atoms with Gasteiger partial charge in [0.1, 0.15) is 11.5 Å². The van der Waals surface area contributed by atoms with Crippen molar-refractivity contribution in [1.82, 2.24) is 19.9 Å². The van der Waals surface area contributed by atoms with Crippen LogP contribution in [0.3, 0.4) is 0 Å². The van der Waals surface area contributed by atoms with Crippen molar-refractivity contribution >= 4 is 27.5 Å². The fourth-order valence-electron chi connectivity index (χ4n) is 6.11. The fourth-order valence-corrected chi connectivity index (χ4v) is 6.43. The second-order valence-corrected chi connectivity index (χ2v) is 11.7. The first kappa shape index (κ1) is 28.3. The van der Waals surface area contributed by atoms with E-state index >= 15 is 0 Å². The number of fused-ring (bicyclic) bond motifs is 1. The molecule has 1 amide bonds. The number of anilines is 1. The molecular formula is C29H34BrF2N5O3. The number of hydrogen-bond acceptors (Lipinski definition) is 6.